The first kappa shape index (κ1) is 8.68. The van der Waals surface area contributed by atoms with Crippen molar-refractivity contribution >= 4 is 31.5 Å². The molecule has 0 N–H and O–H groups in total. The fourth-order valence-electron chi connectivity index (χ4n) is 1.08. The van der Waals surface area contributed by atoms with Crippen molar-refractivity contribution in [1.82, 2.24) is 0 Å². The normalized spacial score (nSPS) is 12.1. The second kappa shape index (κ2) is 2.80. The molecule has 0 aliphatic carbocycles. The zero-order valence-corrected chi connectivity index (χ0v) is 8.06. The van der Waals surface area contributed by atoms with Crippen LogP contribution in [0.25, 0.3) is 10.1 Å². The zero-order valence-electron chi connectivity index (χ0n) is 6.43. The third-order valence-corrected chi connectivity index (χ3v) is 4.03. The Kier molecular flexibility index (Phi) is 1.87. The van der Waals surface area contributed by atoms with Crippen molar-refractivity contribution in [3.05, 3.63) is 30.3 Å². The average molecular weight is 213 g/mol. The van der Waals surface area contributed by atoms with Crippen LogP contribution in [0.2, 0.25) is 0 Å². The van der Waals surface area contributed by atoms with E-state index in [1.807, 2.05) is 0 Å². The van der Waals surface area contributed by atoms with Crippen LogP contribution in [0.1, 0.15) is 0 Å². The molecule has 67 valence electrons. The molecule has 0 fully saturated rings. The summed E-state index contributed by atoms with van der Waals surface area (Å²) >= 11 is 1.00. The van der Waals surface area contributed by atoms with Gasteiger partial charge in [0.2, 0.25) is 0 Å². The van der Waals surface area contributed by atoms with Crippen LogP contribution in [0.15, 0.2) is 34.5 Å². The van der Waals surface area contributed by atoms with Crippen molar-refractivity contribution in [2.45, 2.75) is 4.21 Å². The van der Waals surface area contributed by atoms with Gasteiger partial charge < -0.3 is 0 Å². The van der Waals surface area contributed by atoms with Gasteiger partial charge in [0.1, 0.15) is 0 Å². The van der Waals surface area contributed by atoms with Crippen molar-refractivity contribution in [2.75, 3.05) is 0 Å². The first-order valence-corrected chi connectivity index (χ1v) is 5.74. The summed E-state index contributed by atoms with van der Waals surface area (Å²) < 4.78 is 32.7. The molecule has 1 aromatic carbocycles. The van der Waals surface area contributed by atoms with Gasteiger partial charge in [-0.25, -0.2) is 0 Å². The van der Waals surface area contributed by atoms with Crippen LogP contribution in [-0.4, -0.2) is 8.42 Å². The molecule has 3 nitrogen and oxygen atoms in total. The smallest absolute Gasteiger partial charge is 0.191 e. The highest BCUT2D eigenvalue weighted by atomic mass is 32.3. The first-order chi connectivity index (χ1) is 6.07. The summed E-state index contributed by atoms with van der Waals surface area (Å²) in [5, 5.41) is 0.793. The highest BCUT2D eigenvalue weighted by molar-refractivity contribution is 7.88. The van der Waals surface area contributed by atoms with Gasteiger partial charge in [0.25, 0.3) is 0 Å². The third-order valence-electron chi connectivity index (χ3n) is 1.65. The zero-order chi connectivity index (χ0) is 9.47. The molecule has 0 atom stereocenters. The minimum atomic E-state index is -4.30. The summed E-state index contributed by atoms with van der Waals surface area (Å²) in [6.07, 6.45) is 0. The fraction of sp³-hybridized carbons (Fsp3) is 0. The number of hydrogen-bond donors (Lipinski definition) is 0. The summed E-state index contributed by atoms with van der Waals surface area (Å²) in [5.41, 5.74) is 0. The van der Waals surface area contributed by atoms with Crippen LogP contribution in [-0.2, 0) is 14.7 Å². The molecule has 0 saturated heterocycles. The van der Waals surface area contributed by atoms with E-state index in [4.69, 9.17) is 0 Å². The number of hydrogen-bond acceptors (Lipinski definition) is 3. The quantitative estimate of drug-likeness (QED) is 0.727. The first-order valence-electron chi connectivity index (χ1n) is 3.52. The third kappa shape index (κ3) is 1.58. The lowest BCUT2D eigenvalue weighted by atomic mass is 10.3. The fourth-order valence-corrected chi connectivity index (χ4v) is 2.82. The lowest BCUT2D eigenvalue weighted by molar-refractivity contribution is 0.416. The molecular weight excluding hydrogens is 208 g/mol. The van der Waals surface area contributed by atoms with Gasteiger partial charge in [-0.1, -0.05) is 22.8 Å². The van der Waals surface area contributed by atoms with Crippen LogP contribution in [0.5, 0.6) is 0 Å². The van der Waals surface area contributed by atoms with Crippen LogP contribution in [0, 0.1) is 0 Å². The minimum Gasteiger partial charge on any atom is -0.191 e. The summed E-state index contributed by atoms with van der Waals surface area (Å²) in [6.45, 7) is 0. The van der Waals surface area contributed by atoms with Crippen molar-refractivity contribution in [3.63, 3.8) is 0 Å². The Morgan fingerprint density at radius 3 is 2.46 bits per heavy atom. The molecule has 0 saturated carbocycles. The predicted molar refractivity (Wildman–Crippen MR) is 49.7 cm³/mol. The Morgan fingerprint density at radius 2 is 1.85 bits per heavy atom. The molecular formula is C8H5O3S2. The maximum absolute atomic E-state index is 10.7. The Balaban J connectivity index is 2.77. The summed E-state index contributed by atoms with van der Waals surface area (Å²) in [4.78, 5) is 0. The second-order valence-electron chi connectivity index (χ2n) is 2.56. The van der Waals surface area contributed by atoms with Gasteiger partial charge in [0.15, 0.2) is 4.21 Å². The molecule has 0 bridgehead atoms. The lowest BCUT2D eigenvalue weighted by Gasteiger charge is -1.82. The van der Waals surface area contributed by atoms with Crippen molar-refractivity contribution in [1.29, 1.82) is 0 Å². The van der Waals surface area contributed by atoms with Gasteiger partial charge in [-0.3, -0.25) is 0 Å². The summed E-state index contributed by atoms with van der Waals surface area (Å²) in [7, 11) is -4.30. The standard InChI is InChI=1S/C8H5O3S2/c9-13(10,11)8-5-6-3-1-2-4-7(6)12-8/h1-5H. The van der Waals surface area contributed by atoms with Gasteiger partial charge in [0.05, 0.1) is 0 Å². The van der Waals surface area contributed by atoms with E-state index in [0.717, 1.165) is 21.4 Å². The number of thiophene rings is 1. The van der Waals surface area contributed by atoms with Gasteiger partial charge in [-0.2, -0.15) is 8.42 Å². The predicted octanol–water partition coefficient (Wildman–Crippen LogP) is 2.02. The molecule has 2 aromatic rings. The van der Waals surface area contributed by atoms with E-state index in [0.29, 0.717) is 0 Å². The van der Waals surface area contributed by atoms with Gasteiger partial charge in [-0.15, -0.1) is 11.3 Å². The SMILES string of the molecule is [O]S(=O)(=O)c1cc2ccccc2s1. The van der Waals surface area contributed by atoms with E-state index < -0.39 is 10.1 Å². The van der Waals surface area contributed by atoms with Crippen LogP contribution in [0.3, 0.4) is 0 Å². The highest BCUT2D eigenvalue weighted by Gasteiger charge is 2.14. The lowest BCUT2D eigenvalue weighted by Crippen LogP contribution is -1.90. The van der Waals surface area contributed by atoms with Gasteiger partial charge in [0, 0.05) is 4.70 Å². The van der Waals surface area contributed by atoms with E-state index in [9.17, 15) is 13.0 Å². The molecule has 0 aliphatic rings. The molecule has 2 rings (SSSR count). The molecule has 0 amide bonds. The molecule has 1 radical (unpaired) electrons. The summed E-state index contributed by atoms with van der Waals surface area (Å²) in [6, 6.07) is 8.58. The highest BCUT2D eigenvalue weighted by Crippen LogP contribution is 2.28. The molecule has 1 heterocycles. The van der Waals surface area contributed by atoms with E-state index in [2.05, 4.69) is 0 Å². The van der Waals surface area contributed by atoms with E-state index in [1.54, 1.807) is 24.3 Å². The van der Waals surface area contributed by atoms with E-state index in [-0.39, 0.29) is 4.21 Å². The molecule has 0 unspecified atom stereocenters. The monoisotopic (exact) mass is 213 g/mol. The topological polar surface area (TPSA) is 54.0 Å². The maximum Gasteiger partial charge on any atom is 0.333 e. The molecule has 1 aromatic heterocycles. The molecule has 13 heavy (non-hydrogen) atoms. The molecule has 0 aliphatic heterocycles. The number of fused-ring (bicyclic) bond motifs is 1. The summed E-state index contributed by atoms with van der Waals surface area (Å²) in [5.74, 6) is 0. The second-order valence-corrected chi connectivity index (χ2v) is 5.25. The van der Waals surface area contributed by atoms with Crippen LogP contribution in [0.4, 0.5) is 0 Å². The number of rotatable bonds is 1. The average Bonchev–Trinajstić information content (AvgIpc) is 2.45. The Labute approximate surface area is 79.4 Å². The van der Waals surface area contributed by atoms with Crippen molar-refractivity contribution < 1.29 is 13.0 Å². The molecule has 0 spiro atoms. The number of benzene rings is 1. The van der Waals surface area contributed by atoms with Crippen LogP contribution >= 0.6 is 11.3 Å². The van der Waals surface area contributed by atoms with E-state index in [1.165, 1.54) is 6.07 Å². The Morgan fingerprint density at radius 1 is 1.15 bits per heavy atom. The van der Waals surface area contributed by atoms with Gasteiger partial charge in [-0.05, 0) is 17.5 Å². The van der Waals surface area contributed by atoms with Gasteiger partial charge >= 0.3 is 10.1 Å². The van der Waals surface area contributed by atoms with Crippen molar-refractivity contribution in [3.8, 4) is 0 Å². The van der Waals surface area contributed by atoms with Crippen molar-refractivity contribution in [2.24, 2.45) is 0 Å². The maximum atomic E-state index is 10.7. The minimum absolute atomic E-state index is 0.117. The van der Waals surface area contributed by atoms with Crippen LogP contribution < -0.4 is 0 Å². The molecule has 5 heteroatoms. The van der Waals surface area contributed by atoms with E-state index >= 15 is 0 Å². The Bertz CT molecular complexity index is 506. The Hall–Kier alpha value is -0.910. The largest absolute Gasteiger partial charge is 0.333 e.